The molecule has 1 unspecified atom stereocenters. The molecule has 1 N–H and O–H groups in total. The van der Waals surface area contributed by atoms with Crippen LogP contribution in [0.5, 0.6) is 0 Å². The third kappa shape index (κ3) is 7.67. The van der Waals surface area contributed by atoms with Crippen molar-refractivity contribution in [3.63, 3.8) is 0 Å². The van der Waals surface area contributed by atoms with E-state index in [1.807, 2.05) is 6.07 Å². The molecule has 0 heterocycles. The van der Waals surface area contributed by atoms with Crippen LogP contribution in [0, 0.1) is 0 Å². The fourth-order valence-electron chi connectivity index (χ4n) is 2.67. The van der Waals surface area contributed by atoms with E-state index in [0.717, 1.165) is 16.0 Å². The van der Waals surface area contributed by atoms with Crippen molar-refractivity contribution in [1.82, 2.24) is 5.32 Å². The molecule has 0 amide bonds. The number of unbranched alkanes of at least 4 members (excludes halogenated alkanes) is 6. The fourth-order valence-corrected chi connectivity index (χ4v) is 3.10. The van der Waals surface area contributed by atoms with Crippen molar-refractivity contribution in [2.75, 3.05) is 6.54 Å². The molecule has 3 heteroatoms. The fraction of sp³-hybridized carbons (Fsp3) is 0.667. The molecule has 0 aliphatic carbocycles. The number of rotatable bonds is 11. The maximum absolute atomic E-state index is 6.22. The highest BCUT2D eigenvalue weighted by atomic mass is 79.9. The predicted octanol–water partition coefficient (Wildman–Crippen LogP) is 6.89. The lowest BCUT2D eigenvalue weighted by Gasteiger charge is -2.19. The van der Waals surface area contributed by atoms with Gasteiger partial charge in [-0.3, -0.25) is 0 Å². The highest BCUT2D eigenvalue weighted by Crippen LogP contribution is 2.28. The normalized spacial score (nSPS) is 12.6. The highest BCUT2D eigenvalue weighted by molar-refractivity contribution is 9.10. The van der Waals surface area contributed by atoms with E-state index >= 15 is 0 Å². The molecule has 0 bridgehead atoms. The van der Waals surface area contributed by atoms with Gasteiger partial charge in [-0.25, -0.2) is 0 Å². The molecule has 0 spiro atoms. The zero-order chi connectivity index (χ0) is 15.5. The Hall–Kier alpha value is -0.0500. The van der Waals surface area contributed by atoms with Crippen LogP contribution in [0.4, 0.5) is 0 Å². The first-order valence-electron chi connectivity index (χ1n) is 8.37. The molecule has 21 heavy (non-hydrogen) atoms. The second-order valence-electron chi connectivity index (χ2n) is 5.69. The maximum atomic E-state index is 6.22. The Morgan fingerprint density at radius 3 is 2.33 bits per heavy atom. The Balaban J connectivity index is 2.37. The standard InChI is InChI=1S/C18H29BrClN/c1-3-5-6-7-8-9-10-11-18(21-4-2)15-12-13-16(19)17(20)14-15/h12-14,18,21H,3-11H2,1-2H3. The van der Waals surface area contributed by atoms with Crippen LogP contribution in [0.15, 0.2) is 22.7 Å². The van der Waals surface area contributed by atoms with Crippen molar-refractivity contribution in [3.05, 3.63) is 33.3 Å². The summed E-state index contributed by atoms with van der Waals surface area (Å²) in [6.45, 7) is 5.43. The molecule has 0 aliphatic rings. The summed E-state index contributed by atoms with van der Waals surface area (Å²) >= 11 is 9.67. The maximum Gasteiger partial charge on any atom is 0.0551 e. The Bertz CT molecular complexity index is 395. The zero-order valence-corrected chi connectivity index (χ0v) is 15.8. The lowest BCUT2D eigenvalue weighted by atomic mass is 9.99. The lowest BCUT2D eigenvalue weighted by molar-refractivity contribution is 0.475. The van der Waals surface area contributed by atoms with Crippen molar-refractivity contribution < 1.29 is 0 Å². The first-order chi connectivity index (χ1) is 10.2. The Kier molecular flexibility index (Phi) is 10.4. The summed E-state index contributed by atoms with van der Waals surface area (Å²) in [5.41, 5.74) is 1.30. The summed E-state index contributed by atoms with van der Waals surface area (Å²) < 4.78 is 0.971. The van der Waals surface area contributed by atoms with Gasteiger partial charge < -0.3 is 5.32 Å². The van der Waals surface area contributed by atoms with Crippen LogP contribution < -0.4 is 5.32 Å². The van der Waals surface area contributed by atoms with E-state index in [1.165, 1.54) is 56.9 Å². The van der Waals surface area contributed by atoms with Gasteiger partial charge in [-0.05, 0) is 46.6 Å². The van der Waals surface area contributed by atoms with Crippen molar-refractivity contribution in [2.24, 2.45) is 0 Å². The number of hydrogen-bond acceptors (Lipinski definition) is 1. The van der Waals surface area contributed by atoms with Gasteiger partial charge in [0.05, 0.1) is 5.02 Å². The first kappa shape index (κ1) is 19.0. The molecule has 0 radical (unpaired) electrons. The van der Waals surface area contributed by atoms with E-state index in [1.54, 1.807) is 0 Å². The van der Waals surface area contributed by atoms with E-state index < -0.39 is 0 Å². The molecular weight excluding hydrogens is 346 g/mol. The topological polar surface area (TPSA) is 12.0 Å². The van der Waals surface area contributed by atoms with Crippen molar-refractivity contribution in [1.29, 1.82) is 0 Å². The summed E-state index contributed by atoms with van der Waals surface area (Å²) in [6.07, 6.45) is 10.7. The Morgan fingerprint density at radius 2 is 1.71 bits per heavy atom. The minimum Gasteiger partial charge on any atom is -0.310 e. The van der Waals surface area contributed by atoms with Gasteiger partial charge >= 0.3 is 0 Å². The molecule has 1 rings (SSSR count). The molecule has 0 saturated carbocycles. The molecule has 0 aliphatic heterocycles. The van der Waals surface area contributed by atoms with Crippen molar-refractivity contribution in [2.45, 2.75) is 71.3 Å². The van der Waals surface area contributed by atoms with Crippen LogP contribution >= 0.6 is 27.5 Å². The largest absolute Gasteiger partial charge is 0.310 e. The first-order valence-corrected chi connectivity index (χ1v) is 9.54. The van der Waals surface area contributed by atoms with E-state index in [0.29, 0.717) is 6.04 Å². The van der Waals surface area contributed by atoms with Crippen molar-refractivity contribution in [3.8, 4) is 0 Å². The van der Waals surface area contributed by atoms with Gasteiger partial charge in [-0.15, -0.1) is 0 Å². The summed E-state index contributed by atoms with van der Waals surface area (Å²) in [4.78, 5) is 0. The average molecular weight is 375 g/mol. The van der Waals surface area contributed by atoms with E-state index in [2.05, 4.69) is 47.2 Å². The second kappa shape index (κ2) is 11.5. The molecule has 120 valence electrons. The van der Waals surface area contributed by atoms with Crippen LogP contribution in [0.1, 0.15) is 76.8 Å². The number of benzene rings is 1. The van der Waals surface area contributed by atoms with E-state index in [4.69, 9.17) is 11.6 Å². The highest BCUT2D eigenvalue weighted by Gasteiger charge is 2.11. The van der Waals surface area contributed by atoms with Gasteiger partial charge in [-0.1, -0.05) is 76.5 Å². The molecule has 1 atom stereocenters. The Morgan fingerprint density at radius 1 is 1.05 bits per heavy atom. The molecule has 1 aromatic carbocycles. The van der Waals surface area contributed by atoms with Gasteiger partial charge in [0.25, 0.3) is 0 Å². The van der Waals surface area contributed by atoms with Crippen LogP contribution in [0.3, 0.4) is 0 Å². The SMILES string of the molecule is CCCCCCCCCC(NCC)c1ccc(Br)c(Cl)c1. The number of hydrogen-bond donors (Lipinski definition) is 1. The second-order valence-corrected chi connectivity index (χ2v) is 6.96. The minimum absolute atomic E-state index is 0.427. The summed E-state index contributed by atoms with van der Waals surface area (Å²) in [5.74, 6) is 0. The lowest BCUT2D eigenvalue weighted by Crippen LogP contribution is -2.20. The molecule has 1 nitrogen and oxygen atoms in total. The number of halogens is 2. The summed E-state index contributed by atoms with van der Waals surface area (Å²) in [5, 5.41) is 4.38. The van der Waals surface area contributed by atoms with Gasteiger partial charge in [0.15, 0.2) is 0 Å². The molecule has 0 aromatic heterocycles. The number of nitrogens with one attached hydrogen (secondary N) is 1. The summed E-state index contributed by atoms with van der Waals surface area (Å²) in [7, 11) is 0. The Labute approximate surface area is 144 Å². The third-order valence-corrected chi connectivity index (χ3v) is 5.13. The third-order valence-electron chi connectivity index (χ3n) is 3.89. The average Bonchev–Trinajstić information content (AvgIpc) is 2.48. The monoisotopic (exact) mass is 373 g/mol. The summed E-state index contributed by atoms with van der Waals surface area (Å²) in [6, 6.07) is 6.73. The van der Waals surface area contributed by atoms with Gasteiger partial charge in [0.2, 0.25) is 0 Å². The van der Waals surface area contributed by atoms with Crippen LogP contribution in [0.25, 0.3) is 0 Å². The van der Waals surface area contributed by atoms with Crippen LogP contribution in [-0.4, -0.2) is 6.54 Å². The van der Waals surface area contributed by atoms with E-state index in [-0.39, 0.29) is 0 Å². The van der Waals surface area contributed by atoms with E-state index in [9.17, 15) is 0 Å². The molecule has 0 saturated heterocycles. The molecular formula is C18H29BrClN. The molecule has 0 fully saturated rings. The quantitative estimate of drug-likeness (QED) is 0.416. The van der Waals surface area contributed by atoms with Gasteiger partial charge in [0.1, 0.15) is 0 Å². The zero-order valence-electron chi connectivity index (χ0n) is 13.4. The predicted molar refractivity (Wildman–Crippen MR) is 98.2 cm³/mol. The van der Waals surface area contributed by atoms with Crippen LogP contribution in [0.2, 0.25) is 5.02 Å². The smallest absolute Gasteiger partial charge is 0.0551 e. The molecule has 1 aromatic rings. The van der Waals surface area contributed by atoms with Crippen LogP contribution in [-0.2, 0) is 0 Å². The van der Waals surface area contributed by atoms with Gasteiger partial charge in [-0.2, -0.15) is 0 Å². The van der Waals surface area contributed by atoms with Gasteiger partial charge in [0, 0.05) is 10.5 Å². The van der Waals surface area contributed by atoms with Crippen molar-refractivity contribution >= 4 is 27.5 Å². The minimum atomic E-state index is 0.427.